The number of nitrogens with zero attached hydrogens (tertiary/aromatic N) is 3. The highest BCUT2D eigenvalue weighted by Gasteiger charge is 2.56. The van der Waals surface area contributed by atoms with Crippen molar-refractivity contribution < 1.29 is 14.4 Å². The maximum Gasteiger partial charge on any atom is 0.254 e. The number of benzene rings is 2. The predicted octanol–water partition coefficient (Wildman–Crippen LogP) is 3.84. The summed E-state index contributed by atoms with van der Waals surface area (Å²) >= 11 is 5.95. The molecule has 0 aromatic heterocycles. The van der Waals surface area contributed by atoms with Gasteiger partial charge in [0.2, 0.25) is 11.8 Å². The third-order valence-corrected chi connectivity index (χ3v) is 7.03. The Morgan fingerprint density at radius 3 is 2.56 bits per heavy atom. The quantitative estimate of drug-likeness (QED) is 0.706. The second-order valence-corrected chi connectivity index (χ2v) is 9.90. The van der Waals surface area contributed by atoms with Crippen LogP contribution in [0.2, 0.25) is 5.02 Å². The van der Waals surface area contributed by atoms with Crippen molar-refractivity contribution in [1.29, 1.82) is 5.26 Å². The average molecular weight is 479 g/mol. The van der Waals surface area contributed by atoms with E-state index in [0.717, 1.165) is 5.56 Å². The fourth-order valence-electron chi connectivity index (χ4n) is 4.99. The van der Waals surface area contributed by atoms with Crippen LogP contribution in [0.25, 0.3) is 0 Å². The van der Waals surface area contributed by atoms with Gasteiger partial charge >= 0.3 is 0 Å². The van der Waals surface area contributed by atoms with Gasteiger partial charge in [-0.2, -0.15) is 5.26 Å². The first-order valence-electron chi connectivity index (χ1n) is 11.3. The molecule has 2 aromatic carbocycles. The van der Waals surface area contributed by atoms with Gasteiger partial charge in [-0.05, 0) is 48.2 Å². The highest BCUT2D eigenvalue weighted by Crippen LogP contribution is 2.46. The zero-order chi connectivity index (χ0) is 24.6. The van der Waals surface area contributed by atoms with E-state index in [-0.39, 0.29) is 36.6 Å². The van der Waals surface area contributed by atoms with Crippen molar-refractivity contribution in [3.63, 3.8) is 0 Å². The number of amides is 3. The number of likely N-dealkylation sites (N-methyl/N-ethyl adjacent to an activating group) is 1. The van der Waals surface area contributed by atoms with Gasteiger partial charge in [-0.3, -0.25) is 14.4 Å². The molecular weight excluding hydrogens is 452 g/mol. The van der Waals surface area contributed by atoms with Crippen LogP contribution in [0.5, 0.6) is 0 Å². The van der Waals surface area contributed by atoms with Crippen molar-refractivity contribution in [2.24, 2.45) is 5.92 Å². The molecule has 1 spiro atoms. The minimum Gasteiger partial charge on any atom is -0.330 e. The molecule has 3 atom stereocenters. The lowest BCUT2D eigenvalue weighted by Gasteiger charge is -2.33. The number of hydrogen-bond acceptors (Lipinski definition) is 4. The second-order valence-electron chi connectivity index (χ2n) is 9.47. The van der Waals surface area contributed by atoms with Gasteiger partial charge in [0.25, 0.3) is 5.91 Å². The number of carbonyl (C=O) groups is 3. The maximum absolute atomic E-state index is 13.9. The number of likely N-dealkylation sites (tertiary alicyclic amines) is 1. The number of rotatable bonds is 5. The topological polar surface area (TPSA) is 93.5 Å². The first kappa shape index (κ1) is 23.8. The van der Waals surface area contributed by atoms with Gasteiger partial charge in [0.1, 0.15) is 12.1 Å². The summed E-state index contributed by atoms with van der Waals surface area (Å²) in [6.45, 7) is 4.06. The van der Waals surface area contributed by atoms with Crippen LogP contribution in [-0.2, 0) is 15.0 Å². The van der Waals surface area contributed by atoms with Gasteiger partial charge in [0.15, 0.2) is 0 Å². The van der Waals surface area contributed by atoms with Crippen LogP contribution >= 0.6 is 11.6 Å². The van der Waals surface area contributed by atoms with Crippen LogP contribution in [0.4, 0.5) is 5.69 Å². The van der Waals surface area contributed by atoms with E-state index < -0.39 is 17.5 Å². The molecule has 1 fully saturated rings. The number of hydrogen-bond donors (Lipinski definition) is 1. The largest absolute Gasteiger partial charge is 0.330 e. The van der Waals surface area contributed by atoms with Crippen molar-refractivity contribution >= 4 is 35.0 Å². The molecule has 0 radical (unpaired) electrons. The van der Waals surface area contributed by atoms with Crippen molar-refractivity contribution in [3.8, 4) is 6.07 Å². The summed E-state index contributed by atoms with van der Waals surface area (Å²) in [7, 11) is 1.60. The van der Waals surface area contributed by atoms with E-state index in [2.05, 4.69) is 11.4 Å². The molecule has 2 aromatic rings. The predicted molar refractivity (Wildman–Crippen MR) is 129 cm³/mol. The van der Waals surface area contributed by atoms with Crippen LogP contribution in [-0.4, -0.2) is 53.2 Å². The number of nitriles is 1. The number of nitrogens with one attached hydrogen (secondary N) is 1. The van der Waals surface area contributed by atoms with Crippen LogP contribution in [0, 0.1) is 17.2 Å². The first-order chi connectivity index (χ1) is 16.2. The Balaban J connectivity index is 1.65. The zero-order valence-corrected chi connectivity index (χ0v) is 20.2. The molecule has 7 nitrogen and oxygen atoms in total. The average Bonchev–Trinajstić information content (AvgIpc) is 3.35. The lowest BCUT2D eigenvalue weighted by molar-refractivity contribution is -0.136. The summed E-state index contributed by atoms with van der Waals surface area (Å²) in [6.07, 6.45) is 0.653. The van der Waals surface area contributed by atoms with Crippen LogP contribution < -0.4 is 5.32 Å². The Labute approximate surface area is 204 Å². The SMILES string of the molecule is CC(C)C[C@@H](C(=O)N1C[C@]2(C[C@H]1C#N)C(=O)Nc1ccccc12)N(C)C(=O)c1ccc(Cl)cc1. The van der Waals surface area contributed by atoms with Crippen molar-refractivity contribution in [2.75, 3.05) is 18.9 Å². The lowest BCUT2D eigenvalue weighted by Crippen LogP contribution is -2.52. The van der Waals surface area contributed by atoms with Gasteiger partial charge in [-0.25, -0.2) is 0 Å². The third-order valence-electron chi connectivity index (χ3n) is 6.77. The van der Waals surface area contributed by atoms with Crippen molar-refractivity contribution in [2.45, 2.75) is 44.2 Å². The summed E-state index contributed by atoms with van der Waals surface area (Å²) in [6, 6.07) is 14.6. The summed E-state index contributed by atoms with van der Waals surface area (Å²) in [5, 5.41) is 13.3. The molecule has 3 amide bonds. The molecule has 4 rings (SSSR count). The highest BCUT2D eigenvalue weighted by molar-refractivity contribution is 6.30. The van der Waals surface area contributed by atoms with Crippen LogP contribution in [0.15, 0.2) is 48.5 Å². The van der Waals surface area contributed by atoms with Crippen molar-refractivity contribution in [1.82, 2.24) is 9.80 Å². The maximum atomic E-state index is 13.9. The molecule has 0 saturated carbocycles. The Bertz CT molecular complexity index is 1170. The fraction of sp³-hybridized carbons (Fsp3) is 0.385. The molecule has 1 saturated heterocycles. The second kappa shape index (κ2) is 9.11. The van der Waals surface area contributed by atoms with E-state index in [4.69, 9.17) is 11.6 Å². The number of carbonyl (C=O) groups excluding carboxylic acids is 3. The molecule has 0 bridgehead atoms. The molecule has 2 aliphatic rings. The molecular formula is C26H27ClN4O3. The zero-order valence-electron chi connectivity index (χ0n) is 19.4. The Morgan fingerprint density at radius 1 is 1.24 bits per heavy atom. The van der Waals surface area contributed by atoms with Gasteiger partial charge < -0.3 is 15.1 Å². The monoisotopic (exact) mass is 478 g/mol. The van der Waals surface area contributed by atoms with Crippen molar-refractivity contribution in [3.05, 3.63) is 64.7 Å². The van der Waals surface area contributed by atoms with E-state index in [1.54, 1.807) is 31.3 Å². The molecule has 8 heteroatoms. The molecule has 34 heavy (non-hydrogen) atoms. The molecule has 2 heterocycles. The summed E-state index contributed by atoms with van der Waals surface area (Å²) in [5.74, 6) is -0.696. The molecule has 2 aliphatic heterocycles. The summed E-state index contributed by atoms with van der Waals surface area (Å²) in [5.41, 5.74) is 0.981. The number of para-hydroxylation sites is 1. The van der Waals surface area contributed by atoms with E-state index in [0.29, 0.717) is 22.7 Å². The molecule has 0 unspecified atom stereocenters. The van der Waals surface area contributed by atoms with E-state index >= 15 is 0 Å². The lowest BCUT2D eigenvalue weighted by atomic mass is 9.80. The van der Waals surface area contributed by atoms with Gasteiger partial charge in [-0.15, -0.1) is 0 Å². The minimum atomic E-state index is -0.964. The standard InChI is InChI=1S/C26H27ClN4O3/c1-16(2)12-22(30(3)23(32)17-8-10-18(27)11-9-17)24(33)31-15-26(13-19(31)14-28)20-6-4-5-7-21(20)29-25(26)34/h4-11,16,19,22H,12-13,15H2,1-3H3,(H,29,34)/t19-,22-,26-/m0/s1. The van der Waals surface area contributed by atoms with Gasteiger partial charge in [0.05, 0.1) is 11.5 Å². The third kappa shape index (κ3) is 4.03. The van der Waals surface area contributed by atoms with E-state index in [1.165, 1.54) is 9.80 Å². The first-order valence-corrected chi connectivity index (χ1v) is 11.7. The number of fused-ring (bicyclic) bond motifs is 2. The molecule has 1 N–H and O–H groups in total. The smallest absolute Gasteiger partial charge is 0.254 e. The van der Waals surface area contributed by atoms with E-state index in [1.807, 2.05) is 38.1 Å². The van der Waals surface area contributed by atoms with Gasteiger partial charge in [-0.1, -0.05) is 43.6 Å². The van der Waals surface area contributed by atoms with Crippen LogP contribution in [0.1, 0.15) is 42.6 Å². The number of anilines is 1. The number of halogens is 1. The normalized spacial score (nSPS) is 21.8. The molecule has 176 valence electrons. The minimum absolute atomic E-state index is 0.102. The van der Waals surface area contributed by atoms with Crippen LogP contribution in [0.3, 0.4) is 0 Å². The summed E-state index contributed by atoms with van der Waals surface area (Å²) < 4.78 is 0. The molecule has 0 aliphatic carbocycles. The Hall–Kier alpha value is -3.37. The highest BCUT2D eigenvalue weighted by atomic mass is 35.5. The Kier molecular flexibility index (Phi) is 6.37. The summed E-state index contributed by atoms with van der Waals surface area (Å²) in [4.78, 5) is 43.0. The van der Waals surface area contributed by atoms with E-state index in [9.17, 15) is 19.6 Å². The fourth-order valence-corrected chi connectivity index (χ4v) is 5.11. The Morgan fingerprint density at radius 2 is 1.91 bits per heavy atom. The van der Waals surface area contributed by atoms with Gasteiger partial charge in [0, 0.05) is 36.3 Å².